The molecule has 0 radical (unpaired) electrons. The number of rotatable bonds is 5. The minimum absolute atomic E-state index is 0.00803. The predicted molar refractivity (Wildman–Crippen MR) is 99.1 cm³/mol. The van der Waals surface area contributed by atoms with E-state index in [1.165, 1.54) is 6.42 Å². The maximum Gasteiger partial charge on any atom is 0.255 e. The maximum atomic E-state index is 12.8. The number of carbonyl (C=O) groups is 2. The van der Waals surface area contributed by atoms with Crippen molar-refractivity contribution in [2.75, 3.05) is 18.4 Å². The second-order valence-electron chi connectivity index (χ2n) is 6.75. The van der Waals surface area contributed by atoms with Crippen LogP contribution in [0.4, 0.5) is 5.69 Å². The molecule has 2 amide bonds. The first-order valence-electron chi connectivity index (χ1n) is 9.16. The number of hydrogen-bond donors (Lipinski definition) is 1. The zero-order valence-corrected chi connectivity index (χ0v) is 15.4. The minimum atomic E-state index is -0.121. The molecule has 0 aliphatic carbocycles. The molecule has 0 unspecified atom stereocenters. The first-order valence-corrected chi connectivity index (χ1v) is 9.16. The van der Waals surface area contributed by atoms with Gasteiger partial charge in [0.25, 0.3) is 5.91 Å². The fourth-order valence-electron chi connectivity index (χ4n) is 3.36. The molecule has 0 atom stereocenters. The molecule has 0 bridgehead atoms. The molecular formula is C20H25N3O3. The highest BCUT2D eigenvalue weighted by atomic mass is 16.5. The van der Waals surface area contributed by atoms with Crippen LogP contribution in [-0.4, -0.2) is 35.0 Å². The molecule has 2 aromatic rings. The molecule has 1 aliphatic rings. The summed E-state index contributed by atoms with van der Waals surface area (Å²) < 4.78 is 5.13. The Bertz CT molecular complexity index is 772. The van der Waals surface area contributed by atoms with Crippen LogP contribution >= 0.6 is 0 Å². The maximum absolute atomic E-state index is 12.8. The third-order valence-corrected chi connectivity index (χ3v) is 4.86. The van der Waals surface area contributed by atoms with E-state index in [1.54, 1.807) is 12.1 Å². The standard InChI is InChI=1S/C20H25N3O3/c1-14-16(15(2)26-22-14)10-11-19(24)21-18-9-5-4-8-17(18)20(25)23-12-6-3-7-13-23/h4-5,8-9H,3,6-7,10-13H2,1-2H3,(H,21,24). The number of anilines is 1. The Morgan fingerprint density at radius 1 is 1.15 bits per heavy atom. The summed E-state index contributed by atoms with van der Waals surface area (Å²) in [5, 5.41) is 6.80. The number of aromatic nitrogens is 1. The van der Waals surface area contributed by atoms with Gasteiger partial charge in [-0.1, -0.05) is 17.3 Å². The first-order chi connectivity index (χ1) is 12.6. The highest BCUT2D eigenvalue weighted by Crippen LogP contribution is 2.21. The van der Waals surface area contributed by atoms with Gasteiger partial charge in [-0.3, -0.25) is 9.59 Å². The number of nitrogens with one attached hydrogen (secondary N) is 1. The number of likely N-dealkylation sites (tertiary alicyclic amines) is 1. The van der Waals surface area contributed by atoms with Crippen molar-refractivity contribution in [3.05, 3.63) is 46.8 Å². The summed E-state index contributed by atoms with van der Waals surface area (Å²) in [4.78, 5) is 27.1. The number of piperidine rings is 1. The smallest absolute Gasteiger partial charge is 0.255 e. The third kappa shape index (κ3) is 4.12. The quantitative estimate of drug-likeness (QED) is 0.891. The second kappa shape index (κ2) is 8.17. The van der Waals surface area contributed by atoms with Gasteiger partial charge in [0.1, 0.15) is 5.76 Å². The Labute approximate surface area is 153 Å². The van der Waals surface area contributed by atoms with Crippen molar-refractivity contribution < 1.29 is 14.1 Å². The Morgan fingerprint density at radius 2 is 1.88 bits per heavy atom. The SMILES string of the molecule is Cc1noc(C)c1CCC(=O)Nc1ccccc1C(=O)N1CCCCC1. The van der Waals surface area contributed by atoms with Crippen molar-refractivity contribution in [3.63, 3.8) is 0 Å². The molecule has 1 fully saturated rings. The number of carbonyl (C=O) groups excluding carboxylic acids is 2. The molecule has 26 heavy (non-hydrogen) atoms. The van der Waals surface area contributed by atoms with Crippen molar-refractivity contribution in [1.82, 2.24) is 10.1 Å². The van der Waals surface area contributed by atoms with Gasteiger partial charge >= 0.3 is 0 Å². The van der Waals surface area contributed by atoms with Gasteiger partial charge in [-0.25, -0.2) is 0 Å². The average Bonchev–Trinajstić information content (AvgIpc) is 2.98. The molecule has 0 spiro atoms. The van der Waals surface area contributed by atoms with Crippen molar-refractivity contribution in [3.8, 4) is 0 Å². The lowest BCUT2D eigenvalue weighted by Gasteiger charge is -2.27. The van der Waals surface area contributed by atoms with Crippen LogP contribution in [-0.2, 0) is 11.2 Å². The van der Waals surface area contributed by atoms with Crippen LogP contribution in [0.1, 0.15) is 53.1 Å². The fraction of sp³-hybridized carbons (Fsp3) is 0.450. The van der Waals surface area contributed by atoms with Crippen LogP contribution in [0.2, 0.25) is 0 Å². The van der Waals surface area contributed by atoms with Crippen LogP contribution in [0.3, 0.4) is 0 Å². The topological polar surface area (TPSA) is 75.4 Å². The molecule has 6 nitrogen and oxygen atoms in total. The monoisotopic (exact) mass is 355 g/mol. The highest BCUT2D eigenvalue weighted by molar-refractivity contribution is 6.03. The van der Waals surface area contributed by atoms with E-state index in [0.717, 1.165) is 42.9 Å². The van der Waals surface area contributed by atoms with Gasteiger partial charge in [0.15, 0.2) is 0 Å². The van der Waals surface area contributed by atoms with E-state index in [2.05, 4.69) is 10.5 Å². The molecule has 1 aromatic carbocycles. The third-order valence-electron chi connectivity index (χ3n) is 4.86. The molecular weight excluding hydrogens is 330 g/mol. The van der Waals surface area contributed by atoms with Crippen LogP contribution in [0.5, 0.6) is 0 Å². The van der Waals surface area contributed by atoms with Gasteiger partial charge in [-0.2, -0.15) is 0 Å². The van der Waals surface area contributed by atoms with E-state index in [9.17, 15) is 9.59 Å². The van der Waals surface area contributed by atoms with Gasteiger partial charge in [-0.05, 0) is 51.7 Å². The van der Waals surface area contributed by atoms with E-state index in [4.69, 9.17) is 4.52 Å². The lowest BCUT2D eigenvalue weighted by molar-refractivity contribution is -0.116. The van der Waals surface area contributed by atoms with E-state index < -0.39 is 0 Å². The van der Waals surface area contributed by atoms with Crippen molar-refractivity contribution >= 4 is 17.5 Å². The predicted octanol–water partition coefficient (Wildman–Crippen LogP) is 3.49. The minimum Gasteiger partial charge on any atom is -0.361 e. The van der Waals surface area contributed by atoms with Crippen molar-refractivity contribution in [2.24, 2.45) is 0 Å². The zero-order valence-electron chi connectivity index (χ0n) is 15.4. The average molecular weight is 355 g/mol. The van der Waals surface area contributed by atoms with Gasteiger partial charge < -0.3 is 14.7 Å². The molecule has 6 heteroatoms. The number of amides is 2. The lowest BCUT2D eigenvalue weighted by atomic mass is 10.1. The molecule has 1 saturated heterocycles. The number of para-hydroxylation sites is 1. The van der Waals surface area contributed by atoms with Gasteiger partial charge in [0, 0.05) is 25.1 Å². The molecule has 138 valence electrons. The molecule has 2 heterocycles. The van der Waals surface area contributed by atoms with Gasteiger partial charge in [0.05, 0.1) is 16.9 Å². The molecule has 1 aromatic heterocycles. The molecule has 0 saturated carbocycles. The summed E-state index contributed by atoms with van der Waals surface area (Å²) in [7, 11) is 0. The largest absolute Gasteiger partial charge is 0.361 e. The van der Waals surface area contributed by atoms with Gasteiger partial charge in [0.2, 0.25) is 5.91 Å². The summed E-state index contributed by atoms with van der Waals surface area (Å²) in [6, 6.07) is 7.22. The van der Waals surface area contributed by atoms with Gasteiger partial charge in [-0.15, -0.1) is 0 Å². The fourth-order valence-corrected chi connectivity index (χ4v) is 3.36. The first kappa shape index (κ1) is 18.2. The number of aryl methyl sites for hydroxylation is 2. The van der Waals surface area contributed by atoms with E-state index in [1.807, 2.05) is 30.9 Å². The Morgan fingerprint density at radius 3 is 2.58 bits per heavy atom. The molecule has 1 aliphatic heterocycles. The Balaban J connectivity index is 1.66. The summed E-state index contributed by atoms with van der Waals surface area (Å²) in [5.74, 6) is 0.617. The lowest BCUT2D eigenvalue weighted by Crippen LogP contribution is -2.36. The van der Waals surface area contributed by atoms with Crippen LogP contribution in [0, 0.1) is 13.8 Å². The summed E-state index contributed by atoms with van der Waals surface area (Å²) in [5.41, 5.74) is 2.92. The Hall–Kier alpha value is -2.63. The zero-order chi connectivity index (χ0) is 18.5. The van der Waals surface area contributed by atoms with Crippen LogP contribution in [0.25, 0.3) is 0 Å². The summed E-state index contributed by atoms with van der Waals surface area (Å²) in [6.45, 7) is 5.29. The summed E-state index contributed by atoms with van der Waals surface area (Å²) >= 11 is 0. The normalized spacial score (nSPS) is 14.3. The number of benzene rings is 1. The molecule has 1 N–H and O–H groups in total. The van der Waals surface area contributed by atoms with Crippen LogP contribution < -0.4 is 5.32 Å². The van der Waals surface area contributed by atoms with E-state index >= 15 is 0 Å². The number of nitrogens with zero attached hydrogens (tertiary/aromatic N) is 2. The number of hydrogen-bond acceptors (Lipinski definition) is 4. The highest BCUT2D eigenvalue weighted by Gasteiger charge is 2.21. The van der Waals surface area contributed by atoms with Crippen molar-refractivity contribution in [1.29, 1.82) is 0 Å². The summed E-state index contributed by atoms with van der Waals surface area (Å²) in [6.07, 6.45) is 4.13. The van der Waals surface area contributed by atoms with Crippen LogP contribution in [0.15, 0.2) is 28.8 Å². The van der Waals surface area contributed by atoms with E-state index in [-0.39, 0.29) is 11.8 Å². The second-order valence-corrected chi connectivity index (χ2v) is 6.75. The Kier molecular flexibility index (Phi) is 5.71. The van der Waals surface area contributed by atoms with Crippen molar-refractivity contribution in [2.45, 2.75) is 46.0 Å². The van der Waals surface area contributed by atoms with E-state index in [0.29, 0.717) is 24.1 Å². The molecule has 3 rings (SSSR count).